The minimum absolute atomic E-state index is 0.0236. The number of hydrogen-bond acceptors (Lipinski definition) is 4. The number of Topliss-reactive ketones (excluding diaryl/α,β-unsaturated/α-hetero) is 3. The third-order valence-corrected chi connectivity index (χ3v) is 9.69. The first-order chi connectivity index (χ1) is 12.2. The molecule has 8 atom stereocenters. The lowest BCUT2D eigenvalue weighted by molar-refractivity contribution is -0.160. The Morgan fingerprint density at radius 2 is 1.92 bits per heavy atom. The predicted octanol–water partition coefficient (Wildman–Crippen LogP) is 3.33. The van der Waals surface area contributed by atoms with Crippen LogP contribution in [0.2, 0.25) is 0 Å². The first-order valence-corrected chi connectivity index (χ1v) is 11.0. The Morgan fingerprint density at radius 3 is 2.62 bits per heavy atom. The lowest BCUT2D eigenvalue weighted by Gasteiger charge is -2.60. The van der Waals surface area contributed by atoms with Crippen molar-refractivity contribution in [3.63, 3.8) is 0 Å². The Bertz CT molecular complexity index is 660. The van der Waals surface area contributed by atoms with Gasteiger partial charge in [-0.1, -0.05) is 29.8 Å². The van der Waals surface area contributed by atoms with Crippen molar-refractivity contribution in [2.24, 2.45) is 40.4 Å². The molecule has 4 nitrogen and oxygen atoms in total. The standard InChI is InChI=1S/C21H29BrO4/c1-20-6-5-11(24)7-15(20)16(22)8-12-13-3-4-14(18(26)10-23)21(13,2)9-17(25)19(12)20/h12-16,19,23H,3-10H2,1-2H3/t12-,13-,14+,15-,16-,19+,20-,21-/m0/s1. The molecule has 0 saturated heterocycles. The molecule has 144 valence electrons. The fourth-order valence-corrected chi connectivity index (χ4v) is 8.72. The molecule has 0 radical (unpaired) electrons. The van der Waals surface area contributed by atoms with Crippen LogP contribution in [0.1, 0.15) is 58.8 Å². The van der Waals surface area contributed by atoms with Crippen LogP contribution in [0.5, 0.6) is 0 Å². The Balaban J connectivity index is 1.71. The molecule has 4 aliphatic carbocycles. The molecule has 0 aromatic carbocycles. The maximum atomic E-state index is 13.4. The van der Waals surface area contributed by atoms with Gasteiger partial charge in [0.2, 0.25) is 0 Å². The predicted molar refractivity (Wildman–Crippen MR) is 101 cm³/mol. The Morgan fingerprint density at radius 1 is 1.19 bits per heavy atom. The van der Waals surface area contributed by atoms with Gasteiger partial charge in [-0.3, -0.25) is 14.4 Å². The molecule has 0 bridgehead atoms. The maximum Gasteiger partial charge on any atom is 0.161 e. The van der Waals surface area contributed by atoms with E-state index < -0.39 is 6.61 Å². The van der Waals surface area contributed by atoms with Crippen LogP contribution in [0.4, 0.5) is 0 Å². The van der Waals surface area contributed by atoms with E-state index in [0.29, 0.717) is 36.7 Å². The lowest BCUT2D eigenvalue weighted by Crippen LogP contribution is -2.60. The zero-order valence-corrected chi connectivity index (χ0v) is 17.3. The van der Waals surface area contributed by atoms with Crippen molar-refractivity contribution in [3.8, 4) is 0 Å². The summed E-state index contributed by atoms with van der Waals surface area (Å²) >= 11 is 3.88. The van der Waals surface area contributed by atoms with E-state index >= 15 is 0 Å². The maximum absolute atomic E-state index is 13.4. The van der Waals surface area contributed by atoms with Gasteiger partial charge in [-0.05, 0) is 54.3 Å². The van der Waals surface area contributed by atoms with Crippen molar-refractivity contribution in [2.45, 2.75) is 63.6 Å². The highest BCUT2D eigenvalue weighted by atomic mass is 79.9. The molecule has 0 aliphatic heterocycles. The van der Waals surface area contributed by atoms with Crippen LogP contribution < -0.4 is 0 Å². The lowest BCUT2D eigenvalue weighted by atomic mass is 9.44. The second-order valence-corrected chi connectivity index (χ2v) is 10.9. The van der Waals surface area contributed by atoms with E-state index in [-0.39, 0.29) is 45.1 Å². The molecule has 26 heavy (non-hydrogen) atoms. The number of aliphatic hydroxyl groups is 1. The van der Waals surface area contributed by atoms with E-state index in [1.54, 1.807) is 0 Å². The molecule has 4 rings (SSSR count). The minimum Gasteiger partial charge on any atom is -0.389 e. The molecule has 0 heterocycles. The van der Waals surface area contributed by atoms with Crippen molar-refractivity contribution >= 4 is 33.3 Å². The average Bonchev–Trinajstić information content (AvgIpc) is 2.92. The van der Waals surface area contributed by atoms with Gasteiger partial charge in [0.05, 0.1) is 0 Å². The molecule has 4 saturated carbocycles. The molecular weight excluding hydrogens is 396 g/mol. The van der Waals surface area contributed by atoms with Gasteiger partial charge in [-0.2, -0.15) is 0 Å². The molecule has 0 spiro atoms. The highest BCUT2D eigenvalue weighted by molar-refractivity contribution is 9.09. The monoisotopic (exact) mass is 424 g/mol. The van der Waals surface area contributed by atoms with E-state index in [1.165, 1.54) is 0 Å². The Labute approximate surface area is 163 Å². The Hall–Kier alpha value is -0.550. The smallest absolute Gasteiger partial charge is 0.161 e. The van der Waals surface area contributed by atoms with Crippen molar-refractivity contribution in [3.05, 3.63) is 0 Å². The number of fused-ring (bicyclic) bond motifs is 5. The van der Waals surface area contributed by atoms with Gasteiger partial charge >= 0.3 is 0 Å². The third-order valence-electron chi connectivity index (χ3n) is 8.68. The van der Waals surface area contributed by atoms with Crippen LogP contribution in [0.15, 0.2) is 0 Å². The quantitative estimate of drug-likeness (QED) is 0.689. The fraction of sp³-hybridized carbons (Fsp3) is 0.857. The van der Waals surface area contributed by atoms with Gasteiger partial charge in [-0.15, -0.1) is 0 Å². The molecular formula is C21H29BrO4. The number of carbonyl (C=O) groups is 3. The van der Waals surface area contributed by atoms with Gasteiger partial charge in [0.1, 0.15) is 18.2 Å². The topological polar surface area (TPSA) is 71.4 Å². The summed E-state index contributed by atoms with van der Waals surface area (Å²) in [7, 11) is 0. The molecule has 0 unspecified atom stereocenters. The number of ketones is 3. The summed E-state index contributed by atoms with van der Waals surface area (Å²) in [5.74, 6) is 1.27. The highest BCUT2D eigenvalue weighted by Gasteiger charge is 2.65. The van der Waals surface area contributed by atoms with E-state index in [2.05, 4.69) is 29.8 Å². The molecule has 4 aliphatic rings. The van der Waals surface area contributed by atoms with Crippen LogP contribution in [0, 0.1) is 40.4 Å². The number of alkyl halides is 1. The largest absolute Gasteiger partial charge is 0.389 e. The van der Waals surface area contributed by atoms with E-state index in [9.17, 15) is 19.5 Å². The van der Waals surface area contributed by atoms with Gasteiger partial charge in [0, 0.05) is 35.9 Å². The first kappa shape index (κ1) is 18.8. The highest BCUT2D eigenvalue weighted by Crippen LogP contribution is 2.67. The van der Waals surface area contributed by atoms with E-state index in [4.69, 9.17) is 0 Å². The van der Waals surface area contributed by atoms with Crippen LogP contribution in [0.3, 0.4) is 0 Å². The van der Waals surface area contributed by atoms with E-state index in [1.807, 2.05) is 0 Å². The summed E-state index contributed by atoms with van der Waals surface area (Å²) < 4.78 is 0. The molecule has 1 N–H and O–H groups in total. The second-order valence-electron chi connectivity index (χ2n) is 9.76. The third kappa shape index (κ3) is 2.45. The SMILES string of the molecule is C[C@]12CCC(=O)C[C@H]1[C@@H](Br)C[C@H]1[C@@H]3CC[C@H](C(=O)CO)[C@@]3(C)CC(=O)[C@@H]12. The Kier molecular flexibility index (Phi) is 4.51. The van der Waals surface area contributed by atoms with Crippen LogP contribution in [-0.2, 0) is 14.4 Å². The molecule has 5 heteroatoms. The number of halogens is 1. The number of rotatable bonds is 2. The summed E-state index contributed by atoms with van der Waals surface area (Å²) in [5, 5.41) is 9.39. The van der Waals surface area contributed by atoms with Crippen molar-refractivity contribution < 1.29 is 19.5 Å². The number of carbonyl (C=O) groups excluding carboxylic acids is 3. The van der Waals surface area contributed by atoms with Crippen molar-refractivity contribution in [1.29, 1.82) is 0 Å². The first-order valence-electron chi connectivity index (χ1n) is 10.0. The summed E-state index contributed by atoms with van der Waals surface area (Å²) in [5.41, 5.74) is -0.416. The number of hydrogen-bond donors (Lipinski definition) is 1. The van der Waals surface area contributed by atoms with Crippen molar-refractivity contribution in [1.82, 2.24) is 0 Å². The molecule has 0 amide bonds. The van der Waals surface area contributed by atoms with Crippen LogP contribution in [-0.4, -0.2) is 33.9 Å². The van der Waals surface area contributed by atoms with Gasteiger partial charge in [0.15, 0.2) is 5.78 Å². The van der Waals surface area contributed by atoms with E-state index in [0.717, 1.165) is 25.7 Å². The summed E-state index contributed by atoms with van der Waals surface area (Å²) in [6.07, 6.45) is 5.15. The van der Waals surface area contributed by atoms with Gasteiger partial charge < -0.3 is 5.11 Å². The zero-order valence-electron chi connectivity index (χ0n) is 15.7. The van der Waals surface area contributed by atoms with Gasteiger partial charge in [0.25, 0.3) is 0 Å². The molecule has 0 aromatic rings. The zero-order chi connectivity index (χ0) is 18.9. The normalized spacial score (nSPS) is 50.8. The summed E-state index contributed by atoms with van der Waals surface area (Å²) in [6.45, 7) is 3.93. The second kappa shape index (κ2) is 6.23. The molecule has 4 fully saturated rings. The fourth-order valence-electron chi connectivity index (χ4n) is 7.50. The minimum atomic E-state index is -0.418. The summed E-state index contributed by atoms with van der Waals surface area (Å²) in [4.78, 5) is 38.1. The average molecular weight is 425 g/mol. The number of aliphatic hydroxyl groups excluding tert-OH is 1. The molecule has 0 aromatic heterocycles. The van der Waals surface area contributed by atoms with Crippen LogP contribution >= 0.6 is 15.9 Å². The van der Waals surface area contributed by atoms with Gasteiger partial charge in [-0.25, -0.2) is 0 Å². The van der Waals surface area contributed by atoms with Crippen molar-refractivity contribution in [2.75, 3.05) is 6.61 Å². The van der Waals surface area contributed by atoms with Crippen LogP contribution in [0.25, 0.3) is 0 Å². The summed E-state index contributed by atoms with van der Waals surface area (Å²) in [6, 6.07) is 0.